The van der Waals surface area contributed by atoms with Crippen molar-refractivity contribution in [1.82, 2.24) is 0 Å². The van der Waals surface area contributed by atoms with Gasteiger partial charge in [0.2, 0.25) is 0 Å². The first kappa shape index (κ1) is 30.4. The molecule has 0 nitrogen and oxygen atoms in total. The fourth-order valence-corrected chi connectivity index (χ4v) is 5.13. The molecule has 181 valence electrons. The molecular weight excluding hydrogens is 380 g/mol. The number of hydrogen-bond acceptors (Lipinski definition) is 1. The third-order valence-electron chi connectivity index (χ3n) is 6.41. The van der Waals surface area contributed by atoms with E-state index in [1.807, 2.05) is 0 Å². The fraction of sp³-hybridized carbons (Fsp3) is 0.966. The van der Waals surface area contributed by atoms with E-state index in [4.69, 9.17) is 0 Å². The smallest absolute Gasteiger partial charge is 0.0166 e. The molecule has 0 aliphatic carbocycles. The quantitative estimate of drug-likeness (QED) is 0.115. The van der Waals surface area contributed by atoms with Crippen molar-refractivity contribution >= 4 is 11.8 Å². The van der Waals surface area contributed by atoms with Crippen molar-refractivity contribution in [2.45, 2.75) is 174 Å². The van der Waals surface area contributed by atoms with Crippen molar-refractivity contribution in [2.24, 2.45) is 0 Å². The van der Waals surface area contributed by atoms with Gasteiger partial charge in [0, 0.05) is 5.75 Å². The summed E-state index contributed by atoms with van der Waals surface area (Å²) in [6.45, 7) is 4.59. The molecule has 0 heterocycles. The Morgan fingerprint density at radius 1 is 0.367 bits per heavy atom. The molecule has 0 unspecified atom stereocenters. The molecule has 0 spiro atoms. The molecule has 0 aromatic heterocycles. The summed E-state index contributed by atoms with van der Waals surface area (Å²) in [5, 5.41) is 0. The second kappa shape index (κ2) is 29.4. The third kappa shape index (κ3) is 28.4. The van der Waals surface area contributed by atoms with Crippen LogP contribution < -0.4 is 0 Å². The Kier molecular flexibility index (Phi) is 29.7. The van der Waals surface area contributed by atoms with Gasteiger partial charge in [-0.2, -0.15) is 11.8 Å². The predicted octanol–water partition coefficient (Wildman–Crippen LogP) is 11.7. The van der Waals surface area contributed by atoms with Gasteiger partial charge in [0.25, 0.3) is 0 Å². The third-order valence-corrected chi connectivity index (χ3v) is 7.40. The molecule has 0 aliphatic rings. The summed E-state index contributed by atoms with van der Waals surface area (Å²) < 4.78 is 0. The second-order valence-corrected chi connectivity index (χ2v) is 10.7. The minimum Gasteiger partial charge on any atom is -0.157 e. The van der Waals surface area contributed by atoms with Gasteiger partial charge in [-0.15, -0.1) is 0 Å². The van der Waals surface area contributed by atoms with Crippen LogP contribution in [0.4, 0.5) is 0 Å². The average molecular weight is 440 g/mol. The highest BCUT2D eigenvalue weighted by molar-refractivity contribution is 8.01. The molecule has 1 heteroatoms. The summed E-state index contributed by atoms with van der Waals surface area (Å²) in [5.41, 5.74) is 0. The van der Waals surface area contributed by atoms with Crippen LogP contribution in [-0.4, -0.2) is 5.75 Å². The maximum atomic E-state index is 2.46. The van der Waals surface area contributed by atoms with Crippen molar-refractivity contribution in [3.8, 4) is 0 Å². The minimum absolute atomic E-state index is 1.33. The van der Waals surface area contributed by atoms with E-state index < -0.39 is 0 Å². The van der Waals surface area contributed by atoms with Gasteiger partial charge < -0.3 is 0 Å². The highest BCUT2D eigenvalue weighted by Crippen LogP contribution is 2.17. The molecule has 0 aromatic rings. The molecule has 0 saturated heterocycles. The lowest BCUT2D eigenvalue weighted by molar-refractivity contribution is 0.520. The van der Waals surface area contributed by atoms with Crippen LogP contribution in [0.15, 0.2) is 0 Å². The number of rotatable bonds is 27. The Morgan fingerprint density at radius 3 is 1.03 bits per heavy atom. The molecule has 0 aliphatic heterocycles. The highest BCUT2D eigenvalue weighted by Gasteiger charge is 1.96. The van der Waals surface area contributed by atoms with Gasteiger partial charge in [-0.05, 0) is 18.6 Å². The van der Waals surface area contributed by atoms with E-state index in [-0.39, 0.29) is 0 Å². The molecule has 0 bridgehead atoms. The van der Waals surface area contributed by atoms with E-state index >= 15 is 0 Å². The number of hydrogen-bond donors (Lipinski definition) is 0. The van der Waals surface area contributed by atoms with Gasteiger partial charge in [-0.3, -0.25) is 0 Å². The van der Waals surface area contributed by atoms with E-state index in [0.29, 0.717) is 0 Å². The molecule has 0 atom stereocenters. The number of unbranched alkanes of at least 4 members (excludes halogenated alkanes) is 23. The van der Waals surface area contributed by atoms with E-state index in [9.17, 15) is 0 Å². The summed E-state index contributed by atoms with van der Waals surface area (Å²) in [6.07, 6.45) is 36.4. The molecule has 0 saturated carbocycles. The normalized spacial score (nSPS) is 11.4. The molecule has 0 rings (SSSR count). The summed E-state index contributed by atoms with van der Waals surface area (Å²) >= 11 is 2.06. The molecule has 30 heavy (non-hydrogen) atoms. The van der Waals surface area contributed by atoms with E-state index in [2.05, 4.69) is 31.4 Å². The Balaban J connectivity index is 2.97. The summed E-state index contributed by atoms with van der Waals surface area (Å²) in [5.74, 6) is 3.80. The first-order valence-corrected chi connectivity index (χ1v) is 15.4. The van der Waals surface area contributed by atoms with Crippen molar-refractivity contribution in [3.63, 3.8) is 0 Å². The molecule has 0 aromatic carbocycles. The van der Waals surface area contributed by atoms with Gasteiger partial charge in [0.05, 0.1) is 0 Å². The zero-order chi connectivity index (χ0) is 21.8. The van der Waals surface area contributed by atoms with Gasteiger partial charge in [0.1, 0.15) is 0 Å². The van der Waals surface area contributed by atoms with Gasteiger partial charge >= 0.3 is 0 Å². The topological polar surface area (TPSA) is 0 Å². The largest absolute Gasteiger partial charge is 0.157 e. The standard InChI is InChI=1S/C29H59S/c1-3-5-7-8-9-10-11-12-13-14-15-16-17-18-19-20-21-22-23-24-25-27-29-30-28-26-6-4-2/h29H,3-28H2,1-2H3. The highest BCUT2D eigenvalue weighted by atomic mass is 32.2. The average Bonchev–Trinajstić information content (AvgIpc) is 2.76. The van der Waals surface area contributed by atoms with E-state index in [1.165, 1.54) is 166 Å². The molecule has 0 N–H and O–H groups in total. The Hall–Kier alpha value is 0.350. The summed E-state index contributed by atoms with van der Waals surface area (Å²) in [7, 11) is 0. The molecule has 1 radical (unpaired) electrons. The molecule has 0 amide bonds. The van der Waals surface area contributed by atoms with Gasteiger partial charge in [-0.1, -0.05) is 162 Å². The Morgan fingerprint density at radius 2 is 0.667 bits per heavy atom. The summed E-state index contributed by atoms with van der Waals surface area (Å²) in [6, 6.07) is 0. The monoisotopic (exact) mass is 439 g/mol. The van der Waals surface area contributed by atoms with Crippen LogP contribution >= 0.6 is 11.8 Å². The first-order chi connectivity index (χ1) is 14.9. The van der Waals surface area contributed by atoms with Crippen LogP contribution in [0, 0.1) is 5.75 Å². The lowest BCUT2D eigenvalue weighted by Gasteiger charge is -2.04. The first-order valence-electron chi connectivity index (χ1n) is 14.3. The lowest BCUT2D eigenvalue weighted by Crippen LogP contribution is -1.84. The van der Waals surface area contributed by atoms with Crippen molar-refractivity contribution in [1.29, 1.82) is 0 Å². The van der Waals surface area contributed by atoms with Crippen LogP contribution in [0.25, 0.3) is 0 Å². The zero-order valence-corrected chi connectivity index (χ0v) is 22.2. The summed E-state index contributed by atoms with van der Waals surface area (Å²) in [4.78, 5) is 0. The van der Waals surface area contributed by atoms with Crippen molar-refractivity contribution in [2.75, 3.05) is 5.75 Å². The van der Waals surface area contributed by atoms with Crippen LogP contribution in [0.2, 0.25) is 0 Å². The minimum atomic E-state index is 1.33. The fourth-order valence-electron chi connectivity index (χ4n) is 4.26. The SMILES string of the molecule is CCCCCCCCCCCCCCCCCCCCCCC[CH]SCCCCC. The van der Waals surface area contributed by atoms with Crippen LogP contribution in [0.1, 0.15) is 174 Å². The van der Waals surface area contributed by atoms with Crippen molar-refractivity contribution in [3.05, 3.63) is 5.75 Å². The maximum Gasteiger partial charge on any atom is 0.0166 e. The van der Waals surface area contributed by atoms with Crippen LogP contribution in [0.3, 0.4) is 0 Å². The molecular formula is C29H59S. The second-order valence-electron chi connectivity index (χ2n) is 9.60. The van der Waals surface area contributed by atoms with Crippen LogP contribution in [-0.2, 0) is 0 Å². The molecule has 0 fully saturated rings. The maximum absolute atomic E-state index is 2.46. The van der Waals surface area contributed by atoms with E-state index in [0.717, 1.165) is 0 Å². The number of thioether (sulfide) groups is 1. The Labute approximate surface area is 197 Å². The van der Waals surface area contributed by atoms with Crippen molar-refractivity contribution < 1.29 is 0 Å². The van der Waals surface area contributed by atoms with Crippen LogP contribution in [0.5, 0.6) is 0 Å². The Bertz CT molecular complexity index is 248. The lowest BCUT2D eigenvalue weighted by atomic mass is 10.0. The van der Waals surface area contributed by atoms with Gasteiger partial charge in [0.15, 0.2) is 0 Å². The predicted molar refractivity (Wildman–Crippen MR) is 144 cm³/mol. The van der Waals surface area contributed by atoms with Gasteiger partial charge in [-0.25, -0.2) is 0 Å². The van der Waals surface area contributed by atoms with E-state index in [1.54, 1.807) is 0 Å². The zero-order valence-electron chi connectivity index (χ0n) is 21.4.